The number of aldehydes is 1. The van der Waals surface area contributed by atoms with Crippen molar-refractivity contribution in [3.63, 3.8) is 0 Å². The van der Waals surface area contributed by atoms with Crippen molar-refractivity contribution in [2.24, 2.45) is 10.8 Å². The third kappa shape index (κ3) is 4.97. The largest absolute Gasteiger partial charge is 0.454 e. The number of furan rings is 1. The average Bonchev–Trinajstić information content (AvgIpc) is 3.13. The highest BCUT2D eigenvalue weighted by Crippen LogP contribution is 2.32. The molecule has 9 heteroatoms. The quantitative estimate of drug-likeness (QED) is 0.160. The molecule has 2 heterocycles. The highest BCUT2D eigenvalue weighted by Gasteiger charge is 2.28. The fourth-order valence-corrected chi connectivity index (χ4v) is 4.04. The average molecular weight is 451 g/mol. The van der Waals surface area contributed by atoms with Crippen LogP contribution >= 0.6 is 0 Å². The van der Waals surface area contributed by atoms with E-state index in [1.807, 2.05) is 32.0 Å². The molecule has 174 valence electrons. The summed E-state index contributed by atoms with van der Waals surface area (Å²) >= 11 is 0. The molecular weight excluding hydrogens is 420 g/mol. The molecule has 0 bridgehead atoms. The van der Waals surface area contributed by atoms with Crippen LogP contribution in [0.4, 0.5) is 0 Å². The Bertz CT molecular complexity index is 1150. The zero-order chi connectivity index (χ0) is 24.1. The Morgan fingerprint density at radius 2 is 2.03 bits per heavy atom. The summed E-state index contributed by atoms with van der Waals surface area (Å²) in [7, 11) is 1.59. The fraction of sp³-hybridized carbons (Fsp3) is 0.333. The maximum absolute atomic E-state index is 11.9. The van der Waals surface area contributed by atoms with Gasteiger partial charge in [0.05, 0.1) is 11.3 Å². The van der Waals surface area contributed by atoms with Gasteiger partial charge in [-0.05, 0) is 44.4 Å². The Morgan fingerprint density at radius 1 is 1.33 bits per heavy atom. The predicted molar refractivity (Wildman–Crippen MR) is 130 cm³/mol. The maximum atomic E-state index is 11.9. The zero-order valence-electron chi connectivity index (χ0n) is 19.2. The molecular formula is C24H30N6O3. The standard InChI is InChI=1S/C24H30N6O3/c1-5-20(32)30-10-8-16(9-11-30)28-22(21(18(25)13-31)24(26)29-27-4)23-15(3)17-7-6-14(2)12-19(17)33-23/h5-7,12-13,16,25,27-28H,1,8-11H2,2-4H3,(H2,26,29)/b22-21+,25-18?. The van der Waals surface area contributed by atoms with Gasteiger partial charge in [0, 0.05) is 37.1 Å². The van der Waals surface area contributed by atoms with Crippen molar-refractivity contribution in [1.29, 1.82) is 5.41 Å². The summed E-state index contributed by atoms with van der Waals surface area (Å²) in [6, 6.07) is 5.90. The molecule has 9 nitrogen and oxygen atoms in total. The summed E-state index contributed by atoms with van der Waals surface area (Å²) in [5, 5.41) is 16.7. The van der Waals surface area contributed by atoms with E-state index in [0.717, 1.165) is 16.5 Å². The molecule has 1 aliphatic heterocycles. The number of carbonyl (C=O) groups excluding carboxylic acids is 2. The lowest BCUT2D eigenvalue weighted by atomic mass is 9.99. The summed E-state index contributed by atoms with van der Waals surface area (Å²) in [6.45, 7) is 8.59. The highest BCUT2D eigenvalue weighted by molar-refractivity contribution is 6.45. The van der Waals surface area contributed by atoms with Crippen LogP contribution in [0.3, 0.4) is 0 Å². The van der Waals surface area contributed by atoms with E-state index in [1.54, 1.807) is 11.9 Å². The summed E-state index contributed by atoms with van der Waals surface area (Å²) < 4.78 is 6.22. The lowest BCUT2D eigenvalue weighted by Gasteiger charge is -2.33. The fourth-order valence-electron chi connectivity index (χ4n) is 4.04. The number of amidine groups is 1. The first-order valence-corrected chi connectivity index (χ1v) is 10.8. The van der Waals surface area contributed by atoms with Gasteiger partial charge in [0.15, 0.2) is 17.9 Å². The SMILES string of the molecule is C=CC(=O)N1CCC(N/C(=C(C(=N)C=O)/C(N)=N\NC)c2oc3cc(C)ccc3c2C)CC1. The Balaban J connectivity index is 2.11. The van der Waals surface area contributed by atoms with Gasteiger partial charge in [-0.15, -0.1) is 0 Å². The van der Waals surface area contributed by atoms with Crippen LogP contribution in [-0.2, 0) is 9.59 Å². The Morgan fingerprint density at radius 3 is 2.64 bits per heavy atom. The van der Waals surface area contributed by atoms with Crippen LogP contribution in [0.1, 0.15) is 29.7 Å². The van der Waals surface area contributed by atoms with Crippen LogP contribution < -0.4 is 16.5 Å². The van der Waals surface area contributed by atoms with Crippen LogP contribution in [0.15, 0.2) is 45.9 Å². The predicted octanol–water partition coefficient (Wildman–Crippen LogP) is 2.24. The normalized spacial score (nSPS) is 15.7. The molecule has 2 aromatic rings. The lowest BCUT2D eigenvalue weighted by molar-refractivity contribution is -0.127. The van der Waals surface area contributed by atoms with E-state index in [9.17, 15) is 9.59 Å². The van der Waals surface area contributed by atoms with Crippen molar-refractivity contribution in [1.82, 2.24) is 15.6 Å². The number of hydrazone groups is 1. The number of likely N-dealkylation sites (tertiary alicyclic amines) is 1. The van der Waals surface area contributed by atoms with Gasteiger partial charge in [-0.25, -0.2) is 0 Å². The number of nitrogens with one attached hydrogen (secondary N) is 3. The minimum absolute atomic E-state index is 0.00703. The third-order valence-corrected chi connectivity index (χ3v) is 5.78. The molecule has 0 radical (unpaired) electrons. The van der Waals surface area contributed by atoms with Crippen molar-refractivity contribution in [3.05, 3.63) is 53.3 Å². The maximum Gasteiger partial charge on any atom is 0.245 e. The monoisotopic (exact) mass is 450 g/mol. The number of piperidine rings is 1. The first kappa shape index (κ1) is 23.8. The third-order valence-electron chi connectivity index (χ3n) is 5.78. The molecule has 0 atom stereocenters. The van der Waals surface area contributed by atoms with E-state index < -0.39 is 0 Å². The molecule has 1 aromatic carbocycles. The van der Waals surface area contributed by atoms with E-state index in [1.165, 1.54) is 6.08 Å². The minimum atomic E-state index is -0.315. The second-order valence-corrected chi connectivity index (χ2v) is 8.01. The van der Waals surface area contributed by atoms with Crippen molar-refractivity contribution >= 4 is 40.4 Å². The number of nitrogens with two attached hydrogens (primary N) is 1. The smallest absolute Gasteiger partial charge is 0.245 e. The van der Waals surface area contributed by atoms with Crippen molar-refractivity contribution < 1.29 is 14.0 Å². The molecule has 0 aliphatic carbocycles. The number of hydrogen-bond donors (Lipinski definition) is 4. The molecule has 1 aliphatic rings. The molecule has 33 heavy (non-hydrogen) atoms. The molecule has 1 saturated heterocycles. The minimum Gasteiger partial charge on any atom is -0.454 e. The van der Waals surface area contributed by atoms with Crippen LogP contribution in [0.5, 0.6) is 0 Å². The first-order chi connectivity index (χ1) is 15.8. The Kier molecular flexibility index (Phi) is 7.32. The van der Waals surface area contributed by atoms with Crippen LogP contribution in [0, 0.1) is 19.3 Å². The summed E-state index contributed by atoms with van der Waals surface area (Å²) in [5.74, 6) is 0.394. The van der Waals surface area contributed by atoms with E-state index in [2.05, 4.69) is 22.4 Å². The summed E-state index contributed by atoms with van der Waals surface area (Å²) in [4.78, 5) is 25.3. The molecule has 1 aromatic heterocycles. The molecule has 3 rings (SSSR count). The molecule has 1 fully saturated rings. The Hall–Kier alpha value is -3.88. The van der Waals surface area contributed by atoms with Gasteiger partial charge in [-0.3, -0.25) is 15.0 Å². The van der Waals surface area contributed by atoms with Gasteiger partial charge in [0.2, 0.25) is 5.91 Å². The first-order valence-electron chi connectivity index (χ1n) is 10.8. The van der Waals surface area contributed by atoms with Gasteiger partial charge in [-0.2, -0.15) is 5.10 Å². The molecule has 5 N–H and O–H groups in total. The number of benzene rings is 1. The van der Waals surface area contributed by atoms with Crippen LogP contribution in [-0.4, -0.2) is 54.8 Å². The second kappa shape index (κ2) is 10.2. The summed E-state index contributed by atoms with van der Waals surface area (Å²) in [6.07, 6.45) is 3.10. The summed E-state index contributed by atoms with van der Waals surface area (Å²) in [5.41, 5.74) is 11.7. The number of amides is 1. The van der Waals surface area contributed by atoms with Crippen LogP contribution in [0.25, 0.3) is 16.7 Å². The molecule has 0 unspecified atom stereocenters. The van der Waals surface area contributed by atoms with Crippen LogP contribution in [0.2, 0.25) is 0 Å². The van der Waals surface area contributed by atoms with E-state index in [4.69, 9.17) is 15.6 Å². The highest BCUT2D eigenvalue weighted by atomic mass is 16.3. The van der Waals surface area contributed by atoms with Crippen molar-refractivity contribution in [2.75, 3.05) is 20.1 Å². The number of carbonyl (C=O) groups is 2. The number of rotatable bonds is 8. The second-order valence-electron chi connectivity index (χ2n) is 8.01. The van der Waals surface area contributed by atoms with Gasteiger partial charge >= 0.3 is 0 Å². The zero-order valence-corrected chi connectivity index (χ0v) is 19.2. The van der Waals surface area contributed by atoms with E-state index in [-0.39, 0.29) is 29.1 Å². The van der Waals surface area contributed by atoms with Crippen molar-refractivity contribution in [2.45, 2.75) is 32.7 Å². The van der Waals surface area contributed by atoms with Gasteiger partial charge in [0.25, 0.3) is 0 Å². The van der Waals surface area contributed by atoms with Gasteiger partial charge in [0.1, 0.15) is 11.3 Å². The number of nitrogens with zero attached hydrogens (tertiary/aromatic N) is 2. The van der Waals surface area contributed by atoms with Crippen molar-refractivity contribution in [3.8, 4) is 0 Å². The number of hydrogen-bond acceptors (Lipinski definition) is 7. The van der Waals surface area contributed by atoms with Gasteiger partial charge < -0.3 is 25.8 Å². The topological polar surface area (TPSA) is 137 Å². The van der Waals surface area contributed by atoms with E-state index >= 15 is 0 Å². The Labute approximate surface area is 192 Å². The number of fused-ring (bicyclic) bond motifs is 1. The molecule has 0 spiro atoms. The lowest BCUT2D eigenvalue weighted by Crippen LogP contribution is -2.44. The molecule has 1 amide bonds. The van der Waals surface area contributed by atoms with E-state index in [0.29, 0.717) is 49.3 Å². The number of aryl methyl sites for hydroxylation is 2. The molecule has 0 saturated carbocycles. The van der Waals surface area contributed by atoms with Gasteiger partial charge in [-0.1, -0.05) is 18.7 Å².